The number of benzene rings is 1. The summed E-state index contributed by atoms with van der Waals surface area (Å²) < 4.78 is 10.8. The van der Waals surface area contributed by atoms with Gasteiger partial charge in [-0.15, -0.1) is 6.42 Å². The standard InChI is InChI=1S/C14H19NO3/c1-3-9-15-10-12(16)11-18-14-7-5-13(6-8-14)17-4-2/h1,5-8,12,15-16H,4,9-11H2,2H3. The average molecular weight is 249 g/mol. The van der Waals surface area contributed by atoms with E-state index in [9.17, 15) is 5.11 Å². The Morgan fingerprint density at radius 1 is 1.28 bits per heavy atom. The van der Waals surface area contributed by atoms with Crippen LogP contribution in [0.1, 0.15) is 6.92 Å². The molecule has 0 amide bonds. The van der Waals surface area contributed by atoms with Crippen molar-refractivity contribution >= 4 is 0 Å². The largest absolute Gasteiger partial charge is 0.494 e. The van der Waals surface area contributed by atoms with Gasteiger partial charge in [0.05, 0.1) is 13.2 Å². The van der Waals surface area contributed by atoms with Gasteiger partial charge < -0.3 is 19.9 Å². The van der Waals surface area contributed by atoms with Gasteiger partial charge in [-0.2, -0.15) is 0 Å². The molecule has 4 nitrogen and oxygen atoms in total. The van der Waals surface area contributed by atoms with Crippen molar-refractivity contribution in [1.29, 1.82) is 0 Å². The Bertz CT molecular complexity index is 370. The van der Waals surface area contributed by atoms with Crippen molar-refractivity contribution in [2.24, 2.45) is 0 Å². The highest BCUT2D eigenvalue weighted by molar-refractivity contribution is 5.31. The van der Waals surface area contributed by atoms with E-state index in [0.717, 1.165) is 5.75 Å². The van der Waals surface area contributed by atoms with E-state index in [-0.39, 0.29) is 6.61 Å². The fraction of sp³-hybridized carbons (Fsp3) is 0.429. The normalized spacial score (nSPS) is 11.6. The van der Waals surface area contributed by atoms with E-state index in [0.29, 0.717) is 25.4 Å². The quantitative estimate of drug-likeness (QED) is 0.534. The van der Waals surface area contributed by atoms with Crippen LogP contribution in [0.3, 0.4) is 0 Å². The third-order valence-corrected chi connectivity index (χ3v) is 2.18. The third kappa shape index (κ3) is 5.58. The summed E-state index contributed by atoms with van der Waals surface area (Å²) in [5.41, 5.74) is 0. The summed E-state index contributed by atoms with van der Waals surface area (Å²) in [6.45, 7) is 3.66. The topological polar surface area (TPSA) is 50.7 Å². The van der Waals surface area contributed by atoms with E-state index in [1.807, 2.05) is 31.2 Å². The zero-order valence-electron chi connectivity index (χ0n) is 10.6. The molecule has 1 aromatic carbocycles. The number of aliphatic hydroxyl groups is 1. The van der Waals surface area contributed by atoms with Crippen LogP contribution in [-0.2, 0) is 0 Å². The minimum Gasteiger partial charge on any atom is -0.494 e. The molecule has 0 radical (unpaired) electrons. The zero-order valence-corrected chi connectivity index (χ0v) is 10.6. The lowest BCUT2D eigenvalue weighted by Crippen LogP contribution is -2.31. The number of hydrogen-bond donors (Lipinski definition) is 2. The molecule has 2 N–H and O–H groups in total. The summed E-state index contributed by atoms with van der Waals surface area (Å²) in [7, 11) is 0. The highest BCUT2D eigenvalue weighted by Gasteiger charge is 2.04. The van der Waals surface area contributed by atoms with Crippen LogP contribution in [0.4, 0.5) is 0 Å². The van der Waals surface area contributed by atoms with E-state index >= 15 is 0 Å². The predicted molar refractivity (Wildman–Crippen MR) is 70.8 cm³/mol. The number of hydrogen-bond acceptors (Lipinski definition) is 4. The molecule has 1 unspecified atom stereocenters. The fourth-order valence-corrected chi connectivity index (χ4v) is 1.36. The van der Waals surface area contributed by atoms with Gasteiger partial charge in [0.1, 0.15) is 24.2 Å². The Morgan fingerprint density at radius 3 is 2.44 bits per heavy atom. The number of rotatable bonds is 8. The van der Waals surface area contributed by atoms with Crippen LogP contribution in [0, 0.1) is 12.3 Å². The molecule has 0 saturated heterocycles. The summed E-state index contributed by atoms with van der Waals surface area (Å²) in [5, 5.41) is 12.5. The molecular formula is C14H19NO3. The van der Waals surface area contributed by atoms with E-state index in [2.05, 4.69) is 11.2 Å². The second kappa shape index (κ2) is 8.40. The van der Waals surface area contributed by atoms with Gasteiger partial charge >= 0.3 is 0 Å². The van der Waals surface area contributed by atoms with Crippen molar-refractivity contribution in [3.63, 3.8) is 0 Å². The molecule has 4 heteroatoms. The molecule has 0 saturated carbocycles. The van der Waals surface area contributed by atoms with Gasteiger partial charge in [0.15, 0.2) is 0 Å². The lowest BCUT2D eigenvalue weighted by atomic mass is 10.3. The molecule has 0 aliphatic rings. The van der Waals surface area contributed by atoms with Crippen LogP contribution >= 0.6 is 0 Å². The molecule has 0 fully saturated rings. The van der Waals surface area contributed by atoms with Crippen LogP contribution in [0.25, 0.3) is 0 Å². The van der Waals surface area contributed by atoms with Crippen LogP contribution < -0.4 is 14.8 Å². The highest BCUT2D eigenvalue weighted by Crippen LogP contribution is 2.17. The first-order valence-corrected chi connectivity index (χ1v) is 5.94. The molecule has 0 heterocycles. The third-order valence-electron chi connectivity index (χ3n) is 2.18. The summed E-state index contributed by atoms with van der Waals surface area (Å²) >= 11 is 0. The van der Waals surface area contributed by atoms with Crippen molar-refractivity contribution in [1.82, 2.24) is 5.32 Å². The van der Waals surface area contributed by atoms with Crippen LogP contribution in [0.2, 0.25) is 0 Å². The maximum absolute atomic E-state index is 9.60. The van der Waals surface area contributed by atoms with E-state index in [1.165, 1.54) is 0 Å². The van der Waals surface area contributed by atoms with Gasteiger partial charge in [-0.05, 0) is 31.2 Å². The Morgan fingerprint density at radius 2 is 1.89 bits per heavy atom. The molecular weight excluding hydrogens is 230 g/mol. The first-order chi connectivity index (χ1) is 8.76. The maximum atomic E-state index is 9.60. The smallest absolute Gasteiger partial charge is 0.119 e. The zero-order chi connectivity index (χ0) is 13.2. The Hall–Kier alpha value is -1.70. The predicted octanol–water partition coefficient (Wildman–Crippen LogP) is 1.05. The summed E-state index contributed by atoms with van der Waals surface area (Å²) in [5.74, 6) is 3.95. The molecule has 1 atom stereocenters. The van der Waals surface area contributed by atoms with Crippen LogP contribution in [0.15, 0.2) is 24.3 Å². The maximum Gasteiger partial charge on any atom is 0.119 e. The highest BCUT2D eigenvalue weighted by atomic mass is 16.5. The van der Waals surface area contributed by atoms with Gasteiger partial charge in [0.2, 0.25) is 0 Å². The van der Waals surface area contributed by atoms with Crippen molar-refractivity contribution in [2.45, 2.75) is 13.0 Å². The fourth-order valence-electron chi connectivity index (χ4n) is 1.36. The molecule has 0 aliphatic carbocycles. The van der Waals surface area contributed by atoms with Crippen molar-refractivity contribution in [2.75, 3.05) is 26.3 Å². The van der Waals surface area contributed by atoms with Crippen molar-refractivity contribution in [3.8, 4) is 23.8 Å². The van der Waals surface area contributed by atoms with Gasteiger partial charge in [-0.3, -0.25) is 0 Å². The van der Waals surface area contributed by atoms with Crippen molar-refractivity contribution in [3.05, 3.63) is 24.3 Å². The number of nitrogens with one attached hydrogen (secondary N) is 1. The van der Waals surface area contributed by atoms with E-state index < -0.39 is 6.10 Å². The number of terminal acetylenes is 1. The molecule has 0 aromatic heterocycles. The lowest BCUT2D eigenvalue weighted by Gasteiger charge is -2.12. The monoisotopic (exact) mass is 249 g/mol. The molecule has 0 bridgehead atoms. The van der Waals surface area contributed by atoms with Gasteiger partial charge in [0, 0.05) is 6.54 Å². The summed E-state index contributed by atoms with van der Waals surface area (Å²) in [6.07, 6.45) is 4.50. The van der Waals surface area contributed by atoms with Gasteiger partial charge in [0.25, 0.3) is 0 Å². The van der Waals surface area contributed by atoms with Crippen LogP contribution in [-0.4, -0.2) is 37.5 Å². The van der Waals surface area contributed by atoms with Gasteiger partial charge in [-0.1, -0.05) is 5.92 Å². The number of ether oxygens (including phenoxy) is 2. The lowest BCUT2D eigenvalue weighted by molar-refractivity contribution is 0.107. The minimum absolute atomic E-state index is 0.228. The minimum atomic E-state index is -0.579. The number of aliphatic hydroxyl groups excluding tert-OH is 1. The Balaban J connectivity index is 2.28. The first kappa shape index (κ1) is 14.4. The van der Waals surface area contributed by atoms with Crippen LogP contribution in [0.5, 0.6) is 11.5 Å². The summed E-state index contributed by atoms with van der Waals surface area (Å²) in [4.78, 5) is 0. The summed E-state index contributed by atoms with van der Waals surface area (Å²) in [6, 6.07) is 7.29. The van der Waals surface area contributed by atoms with Gasteiger partial charge in [-0.25, -0.2) is 0 Å². The average Bonchev–Trinajstić information content (AvgIpc) is 2.39. The molecule has 18 heavy (non-hydrogen) atoms. The molecule has 1 rings (SSSR count). The van der Waals surface area contributed by atoms with Crippen molar-refractivity contribution < 1.29 is 14.6 Å². The second-order valence-corrected chi connectivity index (χ2v) is 3.70. The van der Waals surface area contributed by atoms with E-state index in [1.54, 1.807) is 0 Å². The van der Waals surface area contributed by atoms with E-state index in [4.69, 9.17) is 15.9 Å². The molecule has 98 valence electrons. The first-order valence-electron chi connectivity index (χ1n) is 5.94. The molecule has 0 aliphatic heterocycles. The molecule has 0 spiro atoms. The second-order valence-electron chi connectivity index (χ2n) is 3.70. The Labute approximate surface area is 108 Å². The molecule has 1 aromatic rings. The SMILES string of the molecule is C#CCNCC(O)COc1ccc(OCC)cc1. The Kier molecular flexibility index (Phi) is 6.70.